The van der Waals surface area contributed by atoms with Crippen LogP contribution < -0.4 is 0 Å². The Balaban J connectivity index is 3.69. The van der Waals surface area contributed by atoms with Gasteiger partial charge < -0.3 is 0 Å². The molecule has 0 saturated heterocycles. The summed E-state index contributed by atoms with van der Waals surface area (Å²) in [6.45, 7) is 8.20. The van der Waals surface area contributed by atoms with Gasteiger partial charge in [-0.25, -0.2) is 9.78 Å². The van der Waals surface area contributed by atoms with Gasteiger partial charge in [-0.3, -0.25) is 0 Å². The van der Waals surface area contributed by atoms with E-state index in [1.54, 1.807) is 0 Å². The van der Waals surface area contributed by atoms with Crippen molar-refractivity contribution in [2.24, 2.45) is 0 Å². The number of unbranched alkanes of at least 4 members (excludes halogenated alkanes) is 4. The van der Waals surface area contributed by atoms with Gasteiger partial charge in [-0.2, -0.15) is 14.6 Å². The minimum Gasteiger partial charge on any atom is -0.226 e. The standard InChI is InChI=1S/C17H34O7/c1-5-9-11-13-15(7-3)19-23-21-17(18)22-24-20-16(8-4)14-12-10-6-2/h15-16H,5-14H2,1-4H3. The summed E-state index contributed by atoms with van der Waals surface area (Å²) in [5.41, 5.74) is 0. The SMILES string of the molecule is CCCCCC(CC)OOOC(=O)OOOC(CC)CCCCC. The summed E-state index contributed by atoms with van der Waals surface area (Å²) in [7, 11) is 0. The highest BCUT2D eigenvalue weighted by atomic mass is 17.6. The second-order valence-electron chi connectivity index (χ2n) is 5.80. The largest absolute Gasteiger partial charge is 0.577 e. The lowest BCUT2D eigenvalue weighted by molar-refractivity contribution is -0.541. The Morgan fingerprint density at radius 3 is 1.46 bits per heavy atom. The predicted molar refractivity (Wildman–Crippen MR) is 88.3 cm³/mol. The molecule has 0 aliphatic carbocycles. The van der Waals surface area contributed by atoms with Gasteiger partial charge in [0.15, 0.2) is 0 Å². The third-order valence-corrected chi connectivity index (χ3v) is 3.72. The zero-order chi connectivity index (χ0) is 18.0. The molecule has 0 radical (unpaired) electrons. The van der Waals surface area contributed by atoms with Crippen LogP contribution in [0, 0.1) is 0 Å². The second-order valence-corrected chi connectivity index (χ2v) is 5.80. The van der Waals surface area contributed by atoms with E-state index in [9.17, 15) is 4.79 Å². The summed E-state index contributed by atoms with van der Waals surface area (Å²) in [5, 5.41) is 8.86. The highest BCUT2D eigenvalue weighted by molar-refractivity contribution is 5.57. The highest BCUT2D eigenvalue weighted by Crippen LogP contribution is 2.12. The molecule has 0 heterocycles. The van der Waals surface area contributed by atoms with Crippen LogP contribution in [0.3, 0.4) is 0 Å². The minimum atomic E-state index is -1.18. The first-order chi connectivity index (χ1) is 11.7. The quantitative estimate of drug-likeness (QED) is 0.204. The fourth-order valence-electron chi connectivity index (χ4n) is 2.10. The van der Waals surface area contributed by atoms with E-state index in [-0.39, 0.29) is 12.2 Å². The topological polar surface area (TPSA) is 72.5 Å². The molecule has 0 aromatic carbocycles. The van der Waals surface area contributed by atoms with Gasteiger partial charge >= 0.3 is 6.16 Å². The van der Waals surface area contributed by atoms with E-state index in [1.165, 1.54) is 0 Å². The van der Waals surface area contributed by atoms with Crippen LogP contribution in [0.1, 0.15) is 91.9 Å². The van der Waals surface area contributed by atoms with Gasteiger partial charge in [-0.1, -0.05) is 66.2 Å². The first kappa shape index (κ1) is 23.1. The summed E-state index contributed by atoms with van der Waals surface area (Å²) in [6.07, 6.45) is 8.40. The molecule has 0 aromatic rings. The van der Waals surface area contributed by atoms with Crippen molar-refractivity contribution in [1.29, 1.82) is 0 Å². The number of hydrogen-bond donors (Lipinski definition) is 0. The van der Waals surface area contributed by atoms with Crippen molar-refractivity contribution in [3.63, 3.8) is 0 Å². The molecule has 0 aromatic heterocycles. The fraction of sp³-hybridized carbons (Fsp3) is 0.941. The molecule has 0 N–H and O–H groups in total. The van der Waals surface area contributed by atoms with Gasteiger partial charge in [0.2, 0.25) is 0 Å². The maximum atomic E-state index is 11.2. The lowest BCUT2D eigenvalue weighted by Gasteiger charge is -2.13. The monoisotopic (exact) mass is 350 g/mol. The average molecular weight is 350 g/mol. The van der Waals surface area contributed by atoms with Crippen molar-refractivity contribution in [2.75, 3.05) is 0 Å². The van der Waals surface area contributed by atoms with Crippen LogP contribution in [-0.4, -0.2) is 18.4 Å². The van der Waals surface area contributed by atoms with Gasteiger partial charge in [0, 0.05) is 0 Å². The van der Waals surface area contributed by atoms with E-state index < -0.39 is 6.16 Å². The van der Waals surface area contributed by atoms with Crippen LogP contribution >= 0.6 is 0 Å². The highest BCUT2D eigenvalue weighted by Gasteiger charge is 2.14. The Morgan fingerprint density at radius 1 is 0.708 bits per heavy atom. The zero-order valence-corrected chi connectivity index (χ0v) is 15.6. The number of carbonyl (C=O) groups is 1. The molecule has 0 bridgehead atoms. The lowest BCUT2D eigenvalue weighted by atomic mass is 10.1. The molecule has 7 nitrogen and oxygen atoms in total. The maximum Gasteiger partial charge on any atom is 0.577 e. The van der Waals surface area contributed by atoms with Crippen LogP contribution in [0.15, 0.2) is 0 Å². The molecule has 144 valence electrons. The van der Waals surface area contributed by atoms with Crippen LogP contribution in [0.2, 0.25) is 0 Å². The molecule has 7 heteroatoms. The van der Waals surface area contributed by atoms with Crippen molar-refractivity contribution >= 4 is 6.16 Å². The lowest BCUT2D eigenvalue weighted by Crippen LogP contribution is -2.18. The molecule has 24 heavy (non-hydrogen) atoms. The molecule has 0 saturated carbocycles. The van der Waals surface area contributed by atoms with Crippen LogP contribution in [0.5, 0.6) is 0 Å². The molecule has 0 spiro atoms. The first-order valence-electron chi connectivity index (χ1n) is 9.21. The van der Waals surface area contributed by atoms with E-state index >= 15 is 0 Å². The Labute approximate surface area is 145 Å². The minimum absolute atomic E-state index is 0.121. The van der Waals surface area contributed by atoms with Gasteiger partial charge in [0.1, 0.15) is 0 Å². The van der Waals surface area contributed by atoms with Crippen molar-refractivity contribution in [1.82, 2.24) is 0 Å². The van der Waals surface area contributed by atoms with E-state index in [4.69, 9.17) is 9.78 Å². The number of carbonyl (C=O) groups excluding carboxylic acids is 1. The molecular formula is C17H34O7. The third kappa shape index (κ3) is 13.5. The van der Waals surface area contributed by atoms with Crippen molar-refractivity contribution in [3.05, 3.63) is 0 Å². The van der Waals surface area contributed by atoms with E-state index in [2.05, 4.69) is 33.7 Å². The molecule has 0 amide bonds. The molecule has 2 atom stereocenters. The summed E-state index contributed by atoms with van der Waals surface area (Å²) in [4.78, 5) is 29.9. The fourth-order valence-corrected chi connectivity index (χ4v) is 2.10. The molecule has 0 aliphatic heterocycles. The Hall–Kier alpha value is -0.890. The Kier molecular flexibility index (Phi) is 16.3. The second kappa shape index (κ2) is 17.0. The van der Waals surface area contributed by atoms with Crippen LogP contribution in [-0.2, 0) is 29.6 Å². The molecular weight excluding hydrogens is 316 g/mol. The first-order valence-corrected chi connectivity index (χ1v) is 9.21. The summed E-state index contributed by atoms with van der Waals surface area (Å²) in [6, 6.07) is 0. The predicted octanol–water partition coefficient (Wildman–Crippen LogP) is 5.58. The Morgan fingerprint density at radius 2 is 1.12 bits per heavy atom. The normalized spacial score (nSPS) is 13.5. The number of hydrogen-bond acceptors (Lipinski definition) is 7. The molecule has 0 fully saturated rings. The summed E-state index contributed by atoms with van der Waals surface area (Å²) < 4.78 is 0. The van der Waals surface area contributed by atoms with E-state index in [0.29, 0.717) is 0 Å². The molecule has 0 rings (SSSR count). The zero-order valence-electron chi connectivity index (χ0n) is 15.6. The third-order valence-electron chi connectivity index (χ3n) is 3.72. The van der Waals surface area contributed by atoms with E-state index in [1.807, 2.05) is 13.8 Å². The Bertz CT molecular complexity index is 260. The van der Waals surface area contributed by atoms with Crippen molar-refractivity contribution in [3.8, 4) is 0 Å². The van der Waals surface area contributed by atoms with Gasteiger partial charge in [-0.15, -0.1) is 0 Å². The number of rotatable bonds is 16. The van der Waals surface area contributed by atoms with Gasteiger partial charge in [0.25, 0.3) is 0 Å². The van der Waals surface area contributed by atoms with E-state index in [0.717, 1.165) is 64.2 Å². The van der Waals surface area contributed by atoms with Gasteiger partial charge in [-0.05, 0) is 35.8 Å². The van der Waals surface area contributed by atoms with Crippen molar-refractivity contribution < 1.29 is 34.4 Å². The van der Waals surface area contributed by atoms with Gasteiger partial charge in [0.05, 0.1) is 12.2 Å². The van der Waals surface area contributed by atoms with Crippen LogP contribution in [0.4, 0.5) is 4.79 Å². The van der Waals surface area contributed by atoms with Crippen molar-refractivity contribution in [2.45, 2.75) is 104 Å². The summed E-state index contributed by atoms with van der Waals surface area (Å²) >= 11 is 0. The summed E-state index contributed by atoms with van der Waals surface area (Å²) in [5.74, 6) is 0. The smallest absolute Gasteiger partial charge is 0.226 e. The maximum absolute atomic E-state index is 11.2. The molecule has 2 unspecified atom stereocenters. The average Bonchev–Trinajstić information content (AvgIpc) is 2.59. The molecule has 0 aliphatic rings. The van der Waals surface area contributed by atoms with Crippen LogP contribution in [0.25, 0.3) is 0 Å².